The van der Waals surface area contributed by atoms with Crippen LogP contribution in [0.15, 0.2) is 0 Å². The summed E-state index contributed by atoms with van der Waals surface area (Å²) < 4.78 is 5.07. The van der Waals surface area contributed by atoms with Crippen LogP contribution in [-0.4, -0.2) is 19.8 Å². The van der Waals surface area contributed by atoms with Crippen molar-refractivity contribution in [2.75, 3.05) is 13.7 Å². The summed E-state index contributed by atoms with van der Waals surface area (Å²) in [5, 5.41) is 0. The first-order valence-electron chi connectivity index (χ1n) is 6.30. The van der Waals surface area contributed by atoms with Crippen LogP contribution in [0.25, 0.3) is 0 Å². The first-order chi connectivity index (χ1) is 7.05. The van der Waals surface area contributed by atoms with Gasteiger partial charge in [0.25, 0.3) is 0 Å². The highest BCUT2D eigenvalue weighted by Gasteiger charge is 2.32. The minimum Gasteiger partial charge on any atom is -0.385 e. The maximum absolute atomic E-state index is 6.18. The van der Waals surface area contributed by atoms with Crippen LogP contribution in [0.5, 0.6) is 0 Å². The van der Waals surface area contributed by atoms with E-state index >= 15 is 0 Å². The molecule has 1 saturated carbocycles. The van der Waals surface area contributed by atoms with Crippen LogP contribution >= 0.6 is 0 Å². The summed E-state index contributed by atoms with van der Waals surface area (Å²) in [4.78, 5) is 0. The highest BCUT2D eigenvalue weighted by Crippen LogP contribution is 2.39. The summed E-state index contributed by atoms with van der Waals surface area (Å²) in [6.07, 6.45) is 7.54. The third-order valence-electron chi connectivity index (χ3n) is 3.75. The van der Waals surface area contributed by atoms with Crippen LogP contribution in [0, 0.1) is 11.3 Å². The molecule has 0 heterocycles. The molecule has 15 heavy (non-hydrogen) atoms. The molecule has 2 heteroatoms. The Labute approximate surface area is 94.6 Å². The van der Waals surface area contributed by atoms with E-state index in [1.54, 1.807) is 7.11 Å². The lowest BCUT2D eigenvalue weighted by Crippen LogP contribution is -2.39. The third-order valence-corrected chi connectivity index (χ3v) is 3.75. The van der Waals surface area contributed by atoms with Crippen LogP contribution in [0.3, 0.4) is 0 Å². The zero-order chi connectivity index (χ0) is 11.3. The second-order valence-corrected chi connectivity index (χ2v) is 5.82. The molecule has 1 rings (SSSR count). The van der Waals surface area contributed by atoms with E-state index in [9.17, 15) is 0 Å². The molecule has 0 aromatic carbocycles. The topological polar surface area (TPSA) is 35.2 Å². The van der Waals surface area contributed by atoms with Gasteiger partial charge in [-0.05, 0) is 43.4 Å². The minimum absolute atomic E-state index is 0.445. The Bertz CT molecular complexity index is 179. The summed E-state index contributed by atoms with van der Waals surface area (Å²) in [5.41, 5.74) is 6.70. The van der Waals surface area contributed by atoms with Crippen LogP contribution in [0.1, 0.15) is 52.4 Å². The Balaban J connectivity index is 2.25. The van der Waals surface area contributed by atoms with Gasteiger partial charge in [-0.1, -0.05) is 20.3 Å². The highest BCUT2D eigenvalue weighted by atomic mass is 16.5. The van der Waals surface area contributed by atoms with Crippen LogP contribution in [-0.2, 0) is 4.74 Å². The number of ether oxygens (including phenoxy) is 1. The maximum Gasteiger partial charge on any atom is 0.0462 e. The first kappa shape index (κ1) is 13.0. The van der Waals surface area contributed by atoms with Crippen molar-refractivity contribution in [2.45, 2.75) is 58.4 Å². The zero-order valence-electron chi connectivity index (χ0n) is 10.6. The Morgan fingerprint density at radius 1 is 1.33 bits per heavy atom. The van der Waals surface area contributed by atoms with E-state index in [1.807, 2.05) is 0 Å². The molecule has 2 nitrogen and oxygen atoms in total. The number of nitrogens with two attached hydrogens (primary N) is 1. The number of methoxy groups -OCH3 is 1. The summed E-state index contributed by atoms with van der Waals surface area (Å²) >= 11 is 0. The molecule has 0 aliphatic heterocycles. The Kier molecular flexibility index (Phi) is 5.07. The van der Waals surface area contributed by atoms with Crippen molar-refractivity contribution in [3.05, 3.63) is 0 Å². The number of rotatable bonds is 5. The van der Waals surface area contributed by atoms with Crippen LogP contribution < -0.4 is 5.73 Å². The molecule has 0 spiro atoms. The summed E-state index contributed by atoms with van der Waals surface area (Å²) in [6.45, 7) is 5.65. The summed E-state index contributed by atoms with van der Waals surface area (Å²) in [7, 11) is 1.77. The van der Waals surface area contributed by atoms with Gasteiger partial charge in [0, 0.05) is 19.8 Å². The minimum atomic E-state index is 0.445. The van der Waals surface area contributed by atoms with Gasteiger partial charge in [-0.2, -0.15) is 0 Å². The lowest BCUT2D eigenvalue weighted by Gasteiger charge is -2.39. The van der Waals surface area contributed by atoms with Crippen molar-refractivity contribution < 1.29 is 4.74 Å². The Hall–Kier alpha value is -0.0800. The zero-order valence-corrected chi connectivity index (χ0v) is 10.6. The predicted octanol–water partition coefficient (Wildman–Crippen LogP) is 2.96. The van der Waals surface area contributed by atoms with Crippen molar-refractivity contribution in [3.63, 3.8) is 0 Å². The van der Waals surface area contributed by atoms with Crippen molar-refractivity contribution in [1.29, 1.82) is 0 Å². The molecule has 90 valence electrons. The van der Waals surface area contributed by atoms with Gasteiger partial charge >= 0.3 is 0 Å². The molecule has 1 aliphatic rings. The van der Waals surface area contributed by atoms with Crippen molar-refractivity contribution in [2.24, 2.45) is 17.1 Å². The number of hydrogen-bond acceptors (Lipinski definition) is 2. The second kappa shape index (κ2) is 5.86. The van der Waals surface area contributed by atoms with Gasteiger partial charge in [-0.15, -0.1) is 0 Å². The van der Waals surface area contributed by atoms with Crippen molar-refractivity contribution in [1.82, 2.24) is 0 Å². The monoisotopic (exact) mass is 213 g/mol. The van der Waals surface area contributed by atoms with Gasteiger partial charge in [0.05, 0.1) is 0 Å². The van der Waals surface area contributed by atoms with Crippen LogP contribution in [0.2, 0.25) is 0 Å². The van der Waals surface area contributed by atoms with Crippen molar-refractivity contribution in [3.8, 4) is 0 Å². The van der Waals surface area contributed by atoms with E-state index in [4.69, 9.17) is 10.5 Å². The fraction of sp³-hybridized carbons (Fsp3) is 1.00. The molecular weight excluding hydrogens is 186 g/mol. The Morgan fingerprint density at radius 3 is 2.73 bits per heavy atom. The van der Waals surface area contributed by atoms with Gasteiger partial charge in [-0.3, -0.25) is 0 Å². The number of unbranched alkanes of at least 4 members (excludes halogenated alkanes) is 1. The van der Waals surface area contributed by atoms with E-state index < -0.39 is 0 Å². The third kappa shape index (κ3) is 4.52. The van der Waals surface area contributed by atoms with Gasteiger partial charge in [0.2, 0.25) is 0 Å². The predicted molar refractivity (Wildman–Crippen MR) is 64.8 cm³/mol. The Morgan fingerprint density at radius 2 is 2.07 bits per heavy atom. The molecule has 0 aromatic heterocycles. The molecule has 2 N–H and O–H groups in total. The highest BCUT2D eigenvalue weighted by molar-refractivity contribution is 4.86. The standard InChI is InChI=1S/C13H27NO/c1-13(2)8-7-12(14)11(10-13)6-4-5-9-15-3/h11-12H,4-10,14H2,1-3H3. The normalized spacial score (nSPS) is 30.4. The van der Waals surface area contributed by atoms with Gasteiger partial charge in [0.15, 0.2) is 0 Å². The van der Waals surface area contributed by atoms with E-state index in [-0.39, 0.29) is 0 Å². The molecule has 0 amide bonds. The molecule has 1 fully saturated rings. The molecule has 0 radical (unpaired) electrons. The summed E-state index contributed by atoms with van der Waals surface area (Å²) in [5.74, 6) is 0.741. The quantitative estimate of drug-likeness (QED) is 0.713. The van der Waals surface area contributed by atoms with Gasteiger partial charge < -0.3 is 10.5 Å². The second-order valence-electron chi connectivity index (χ2n) is 5.82. The molecule has 1 aliphatic carbocycles. The van der Waals surface area contributed by atoms with Gasteiger partial charge in [-0.25, -0.2) is 0 Å². The largest absolute Gasteiger partial charge is 0.385 e. The lowest BCUT2D eigenvalue weighted by atomic mass is 9.69. The number of hydrogen-bond donors (Lipinski definition) is 1. The van der Waals surface area contributed by atoms with E-state index in [0.29, 0.717) is 11.5 Å². The van der Waals surface area contributed by atoms with E-state index in [1.165, 1.54) is 38.5 Å². The smallest absolute Gasteiger partial charge is 0.0462 e. The summed E-state index contributed by atoms with van der Waals surface area (Å²) in [6, 6.07) is 0.445. The fourth-order valence-corrected chi connectivity index (χ4v) is 2.73. The molecule has 0 bridgehead atoms. The average Bonchev–Trinajstić information content (AvgIpc) is 2.18. The average molecular weight is 213 g/mol. The first-order valence-corrected chi connectivity index (χ1v) is 6.30. The lowest BCUT2D eigenvalue weighted by molar-refractivity contribution is 0.142. The van der Waals surface area contributed by atoms with E-state index in [0.717, 1.165) is 12.5 Å². The SMILES string of the molecule is COCCCCC1CC(C)(C)CCC1N. The molecule has 0 aromatic rings. The van der Waals surface area contributed by atoms with Crippen molar-refractivity contribution >= 4 is 0 Å². The molecular formula is C13H27NO. The molecule has 0 saturated heterocycles. The molecule has 2 unspecified atom stereocenters. The van der Waals surface area contributed by atoms with Crippen LogP contribution in [0.4, 0.5) is 0 Å². The van der Waals surface area contributed by atoms with Gasteiger partial charge in [0.1, 0.15) is 0 Å². The maximum atomic E-state index is 6.18. The fourth-order valence-electron chi connectivity index (χ4n) is 2.73. The molecule has 2 atom stereocenters. The van der Waals surface area contributed by atoms with E-state index in [2.05, 4.69) is 13.8 Å².